The van der Waals surface area contributed by atoms with Crippen molar-refractivity contribution in [1.82, 2.24) is 9.80 Å². The highest BCUT2D eigenvalue weighted by molar-refractivity contribution is 6.31. The molecule has 2 saturated carbocycles. The van der Waals surface area contributed by atoms with Crippen LogP contribution in [0.3, 0.4) is 0 Å². The van der Waals surface area contributed by atoms with Crippen LogP contribution in [0.4, 0.5) is 0 Å². The molecule has 3 aliphatic rings. The number of carbonyl (C=O) groups is 1. The van der Waals surface area contributed by atoms with Crippen LogP contribution >= 0.6 is 11.6 Å². The van der Waals surface area contributed by atoms with E-state index in [9.17, 15) is 4.79 Å². The number of hydrogen-bond acceptors (Lipinski definition) is 2. The normalized spacial score (nSPS) is 28.0. The van der Waals surface area contributed by atoms with Gasteiger partial charge in [-0.2, -0.15) is 0 Å². The molecule has 3 fully saturated rings. The Bertz CT molecular complexity index is 628. The first kappa shape index (κ1) is 18.3. The zero-order valence-electron chi connectivity index (χ0n) is 15.7. The van der Waals surface area contributed by atoms with E-state index in [1.165, 1.54) is 38.6 Å². The lowest BCUT2D eigenvalue weighted by molar-refractivity contribution is -0.132. The molecule has 1 heterocycles. The van der Waals surface area contributed by atoms with Gasteiger partial charge in [0.25, 0.3) is 0 Å². The third-order valence-corrected chi connectivity index (χ3v) is 6.90. The summed E-state index contributed by atoms with van der Waals surface area (Å²) in [7, 11) is 0. The number of amides is 1. The molecule has 1 amide bonds. The standard InChI is InChI=1S/C22H31ClN2O/c23-21-10-5-4-9-18(21)19-15-20(19)22(26)25-12-6-11-24(13-14-25)16-17-7-2-1-3-8-17/h4-5,9-10,17,19-20H,1-3,6-8,11-16H2. The van der Waals surface area contributed by atoms with Gasteiger partial charge in [-0.25, -0.2) is 0 Å². The second kappa shape index (κ2) is 8.31. The lowest BCUT2D eigenvalue weighted by Crippen LogP contribution is -2.37. The maximum Gasteiger partial charge on any atom is 0.226 e. The van der Waals surface area contributed by atoms with E-state index in [0.29, 0.717) is 11.8 Å². The molecule has 2 unspecified atom stereocenters. The van der Waals surface area contributed by atoms with E-state index in [4.69, 9.17) is 11.6 Å². The summed E-state index contributed by atoms with van der Waals surface area (Å²) < 4.78 is 0. The zero-order valence-corrected chi connectivity index (χ0v) is 16.5. The molecule has 1 saturated heterocycles. The van der Waals surface area contributed by atoms with Crippen molar-refractivity contribution in [3.63, 3.8) is 0 Å². The smallest absolute Gasteiger partial charge is 0.226 e. The molecule has 3 nitrogen and oxygen atoms in total. The Kier molecular flexibility index (Phi) is 5.85. The van der Waals surface area contributed by atoms with Crippen LogP contribution in [0.2, 0.25) is 5.02 Å². The van der Waals surface area contributed by atoms with Crippen LogP contribution < -0.4 is 0 Å². The maximum atomic E-state index is 13.0. The van der Waals surface area contributed by atoms with Crippen LogP contribution in [0.15, 0.2) is 24.3 Å². The predicted molar refractivity (Wildman–Crippen MR) is 107 cm³/mol. The van der Waals surface area contributed by atoms with Crippen LogP contribution in [0.5, 0.6) is 0 Å². The number of rotatable bonds is 4. The minimum Gasteiger partial charge on any atom is -0.341 e. The van der Waals surface area contributed by atoms with Gasteiger partial charge in [-0.05, 0) is 55.7 Å². The fourth-order valence-corrected chi connectivity index (χ4v) is 5.21. The van der Waals surface area contributed by atoms with Gasteiger partial charge < -0.3 is 9.80 Å². The molecule has 2 atom stereocenters. The third-order valence-electron chi connectivity index (χ3n) is 6.55. The number of halogens is 1. The van der Waals surface area contributed by atoms with Gasteiger partial charge in [-0.15, -0.1) is 0 Å². The summed E-state index contributed by atoms with van der Waals surface area (Å²) in [6.45, 7) is 5.27. The lowest BCUT2D eigenvalue weighted by Gasteiger charge is -2.28. The molecular formula is C22H31ClN2O. The van der Waals surface area contributed by atoms with Gasteiger partial charge in [-0.3, -0.25) is 4.79 Å². The van der Waals surface area contributed by atoms with Crippen molar-refractivity contribution in [2.24, 2.45) is 11.8 Å². The summed E-state index contributed by atoms with van der Waals surface area (Å²) in [6.07, 6.45) is 9.13. The fourth-order valence-electron chi connectivity index (χ4n) is 4.93. The van der Waals surface area contributed by atoms with Crippen molar-refractivity contribution in [2.75, 3.05) is 32.7 Å². The summed E-state index contributed by atoms with van der Waals surface area (Å²) in [5, 5.41) is 0.808. The quantitative estimate of drug-likeness (QED) is 0.771. The zero-order chi connectivity index (χ0) is 17.9. The first-order valence-electron chi connectivity index (χ1n) is 10.5. The highest BCUT2D eigenvalue weighted by Gasteiger charge is 2.46. The number of nitrogens with zero attached hydrogens (tertiary/aromatic N) is 2. The highest BCUT2D eigenvalue weighted by atomic mass is 35.5. The van der Waals surface area contributed by atoms with Gasteiger partial charge in [-0.1, -0.05) is 49.1 Å². The van der Waals surface area contributed by atoms with Gasteiger partial charge in [0, 0.05) is 37.1 Å². The van der Waals surface area contributed by atoms with Crippen LogP contribution in [0, 0.1) is 11.8 Å². The molecule has 0 aromatic heterocycles. The van der Waals surface area contributed by atoms with Crippen LogP contribution in [-0.4, -0.2) is 48.4 Å². The molecule has 142 valence electrons. The van der Waals surface area contributed by atoms with E-state index in [2.05, 4.69) is 15.9 Å². The molecule has 0 N–H and O–H groups in total. The topological polar surface area (TPSA) is 23.6 Å². The van der Waals surface area contributed by atoms with E-state index in [1.807, 2.05) is 18.2 Å². The van der Waals surface area contributed by atoms with Crippen LogP contribution in [0.1, 0.15) is 56.4 Å². The monoisotopic (exact) mass is 374 g/mol. The van der Waals surface area contributed by atoms with Gasteiger partial charge in [0.2, 0.25) is 5.91 Å². The highest BCUT2D eigenvalue weighted by Crippen LogP contribution is 2.50. The van der Waals surface area contributed by atoms with Crippen molar-refractivity contribution in [1.29, 1.82) is 0 Å². The lowest BCUT2D eigenvalue weighted by atomic mass is 9.89. The van der Waals surface area contributed by atoms with Crippen LogP contribution in [0.25, 0.3) is 0 Å². The molecule has 1 aromatic rings. The number of carbonyl (C=O) groups excluding carboxylic acids is 1. The molecule has 2 aliphatic carbocycles. The van der Waals surface area contributed by atoms with Gasteiger partial charge in [0.1, 0.15) is 0 Å². The van der Waals surface area contributed by atoms with E-state index < -0.39 is 0 Å². The Balaban J connectivity index is 1.29. The summed E-state index contributed by atoms with van der Waals surface area (Å²) in [5.41, 5.74) is 1.15. The first-order valence-corrected chi connectivity index (χ1v) is 10.9. The van der Waals surface area contributed by atoms with Crippen molar-refractivity contribution in [2.45, 2.75) is 50.9 Å². The van der Waals surface area contributed by atoms with Crippen molar-refractivity contribution < 1.29 is 4.79 Å². The Hall–Kier alpha value is -1.06. The number of hydrogen-bond donors (Lipinski definition) is 0. The Morgan fingerprint density at radius 2 is 1.81 bits per heavy atom. The maximum absolute atomic E-state index is 13.0. The third kappa shape index (κ3) is 4.26. The molecule has 0 spiro atoms. The minimum absolute atomic E-state index is 0.153. The summed E-state index contributed by atoms with van der Waals surface area (Å²) in [4.78, 5) is 17.7. The molecule has 1 aromatic carbocycles. The van der Waals surface area contributed by atoms with E-state index in [-0.39, 0.29) is 5.92 Å². The summed E-state index contributed by atoms with van der Waals surface area (Å²) in [5.74, 6) is 1.73. The van der Waals surface area contributed by atoms with Gasteiger partial charge in [0.05, 0.1) is 0 Å². The Labute approximate surface area is 162 Å². The molecular weight excluding hydrogens is 344 g/mol. The van der Waals surface area contributed by atoms with E-state index in [0.717, 1.165) is 55.5 Å². The van der Waals surface area contributed by atoms with Crippen molar-refractivity contribution in [3.05, 3.63) is 34.9 Å². The number of benzene rings is 1. The molecule has 0 radical (unpaired) electrons. The summed E-state index contributed by atoms with van der Waals surface area (Å²) >= 11 is 6.32. The Morgan fingerprint density at radius 1 is 1.00 bits per heavy atom. The molecule has 4 rings (SSSR count). The predicted octanol–water partition coefficient (Wildman–Crippen LogP) is 4.56. The average Bonchev–Trinajstić information content (AvgIpc) is 3.47. The average molecular weight is 375 g/mol. The largest absolute Gasteiger partial charge is 0.341 e. The Morgan fingerprint density at radius 3 is 2.62 bits per heavy atom. The molecule has 1 aliphatic heterocycles. The van der Waals surface area contributed by atoms with Gasteiger partial charge in [0.15, 0.2) is 0 Å². The van der Waals surface area contributed by atoms with E-state index in [1.54, 1.807) is 0 Å². The van der Waals surface area contributed by atoms with E-state index >= 15 is 0 Å². The SMILES string of the molecule is O=C(C1CC1c1ccccc1Cl)N1CCCN(CC2CCCCC2)CC1. The van der Waals surface area contributed by atoms with Crippen molar-refractivity contribution >= 4 is 17.5 Å². The molecule has 26 heavy (non-hydrogen) atoms. The summed E-state index contributed by atoms with van der Waals surface area (Å²) in [6, 6.07) is 8.00. The second-order valence-corrected chi connectivity index (χ2v) is 8.86. The second-order valence-electron chi connectivity index (χ2n) is 8.45. The molecule has 0 bridgehead atoms. The fraction of sp³-hybridized carbons (Fsp3) is 0.682. The first-order chi connectivity index (χ1) is 12.7. The molecule has 4 heteroatoms. The minimum atomic E-state index is 0.153. The van der Waals surface area contributed by atoms with Gasteiger partial charge >= 0.3 is 0 Å². The van der Waals surface area contributed by atoms with Crippen LogP contribution in [-0.2, 0) is 4.79 Å². The van der Waals surface area contributed by atoms with Crippen molar-refractivity contribution in [3.8, 4) is 0 Å².